The Morgan fingerprint density at radius 1 is 1.33 bits per heavy atom. The fourth-order valence-electron chi connectivity index (χ4n) is 1.01. The molecule has 0 aliphatic heterocycles. The summed E-state index contributed by atoms with van der Waals surface area (Å²) in [6, 6.07) is 0. The first-order chi connectivity index (χ1) is 5.66. The number of hydrogen-bond donors (Lipinski definition) is 0. The molecule has 0 saturated carbocycles. The average Bonchev–Trinajstić information content (AvgIpc) is 2.00. The molecule has 0 aliphatic rings. The molecule has 0 aromatic rings. The Bertz CT molecular complexity index is 156. The van der Waals surface area contributed by atoms with Crippen LogP contribution in [0.3, 0.4) is 0 Å². The van der Waals surface area contributed by atoms with Crippen molar-refractivity contribution in [3.8, 4) is 0 Å². The van der Waals surface area contributed by atoms with Crippen LogP contribution in [0.5, 0.6) is 0 Å². The van der Waals surface area contributed by atoms with E-state index in [2.05, 4.69) is 42.4 Å². The maximum atomic E-state index is 3.88. The Balaban J connectivity index is 3.47. The van der Waals surface area contributed by atoms with Crippen molar-refractivity contribution in [1.29, 1.82) is 0 Å². The predicted molar refractivity (Wildman–Crippen MR) is 60.8 cm³/mol. The molecule has 0 saturated heterocycles. The predicted octanol–water partition coefficient (Wildman–Crippen LogP) is 4.46. The van der Waals surface area contributed by atoms with Gasteiger partial charge in [0.1, 0.15) is 0 Å². The van der Waals surface area contributed by atoms with Crippen LogP contribution in [0.1, 0.15) is 39.5 Å². The van der Waals surface area contributed by atoms with E-state index in [1.54, 1.807) is 0 Å². The highest BCUT2D eigenvalue weighted by molar-refractivity contribution is 9.09. The highest BCUT2D eigenvalue weighted by Gasteiger charge is 1.89. The van der Waals surface area contributed by atoms with Crippen LogP contribution in [0.25, 0.3) is 0 Å². The lowest BCUT2D eigenvalue weighted by molar-refractivity contribution is 0.893. The van der Waals surface area contributed by atoms with Gasteiger partial charge in [-0.15, -0.1) is 6.58 Å². The second-order valence-electron chi connectivity index (χ2n) is 3.34. The van der Waals surface area contributed by atoms with Crippen LogP contribution in [0.4, 0.5) is 0 Å². The lowest BCUT2D eigenvalue weighted by Crippen LogP contribution is -1.80. The minimum atomic E-state index is 1.11. The zero-order valence-corrected chi connectivity index (χ0v) is 9.78. The van der Waals surface area contributed by atoms with Crippen LogP contribution in [0, 0.1) is 0 Å². The standard InChI is InChI=1S/C11H19Br/c1-10(2)6-4-7-11(3)8-5-9-12/h7H,1,4-6,8-9H2,2-3H3. The van der Waals surface area contributed by atoms with Crippen molar-refractivity contribution in [2.24, 2.45) is 0 Å². The zero-order chi connectivity index (χ0) is 9.40. The highest BCUT2D eigenvalue weighted by Crippen LogP contribution is 2.09. The van der Waals surface area contributed by atoms with Gasteiger partial charge in [-0.2, -0.15) is 0 Å². The summed E-state index contributed by atoms with van der Waals surface area (Å²) in [5.74, 6) is 0. The van der Waals surface area contributed by atoms with Crippen molar-refractivity contribution in [1.82, 2.24) is 0 Å². The molecule has 0 aromatic heterocycles. The maximum Gasteiger partial charge on any atom is 0.00343 e. The molecule has 0 amide bonds. The van der Waals surface area contributed by atoms with E-state index in [9.17, 15) is 0 Å². The minimum absolute atomic E-state index is 1.11. The van der Waals surface area contributed by atoms with Crippen molar-refractivity contribution in [2.45, 2.75) is 39.5 Å². The van der Waals surface area contributed by atoms with Crippen molar-refractivity contribution in [3.63, 3.8) is 0 Å². The van der Waals surface area contributed by atoms with Crippen LogP contribution in [-0.2, 0) is 0 Å². The normalized spacial score (nSPS) is 11.8. The fraction of sp³-hybridized carbons (Fsp3) is 0.636. The van der Waals surface area contributed by atoms with E-state index in [1.807, 2.05) is 0 Å². The molecular formula is C11H19Br. The maximum absolute atomic E-state index is 3.88. The number of allylic oxidation sites excluding steroid dienone is 3. The van der Waals surface area contributed by atoms with Gasteiger partial charge in [0.05, 0.1) is 0 Å². The first-order valence-electron chi connectivity index (χ1n) is 4.52. The molecule has 0 rings (SSSR count). The summed E-state index contributed by atoms with van der Waals surface area (Å²) in [7, 11) is 0. The van der Waals surface area contributed by atoms with Crippen molar-refractivity contribution in [2.75, 3.05) is 5.33 Å². The summed E-state index contributed by atoms with van der Waals surface area (Å²) >= 11 is 3.43. The van der Waals surface area contributed by atoms with Gasteiger partial charge < -0.3 is 0 Å². The lowest BCUT2D eigenvalue weighted by atomic mass is 10.1. The van der Waals surface area contributed by atoms with Gasteiger partial charge in [0.15, 0.2) is 0 Å². The largest absolute Gasteiger partial charge is 0.100 e. The first-order valence-corrected chi connectivity index (χ1v) is 5.65. The van der Waals surface area contributed by atoms with E-state index in [1.165, 1.54) is 24.0 Å². The van der Waals surface area contributed by atoms with E-state index in [4.69, 9.17) is 0 Å². The van der Waals surface area contributed by atoms with Crippen molar-refractivity contribution < 1.29 is 0 Å². The van der Waals surface area contributed by atoms with Gasteiger partial charge in [-0.1, -0.05) is 33.2 Å². The Morgan fingerprint density at radius 2 is 2.00 bits per heavy atom. The quantitative estimate of drug-likeness (QED) is 0.467. The zero-order valence-electron chi connectivity index (χ0n) is 8.20. The lowest BCUT2D eigenvalue weighted by Gasteiger charge is -1.99. The van der Waals surface area contributed by atoms with E-state index in [-0.39, 0.29) is 0 Å². The summed E-state index contributed by atoms with van der Waals surface area (Å²) in [5, 5.41) is 1.11. The van der Waals surface area contributed by atoms with Crippen molar-refractivity contribution in [3.05, 3.63) is 23.8 Å². The van der Waals surface area contributed by atoms with E-state index in [0.717, 1.165) is 18.2 Å². The van der Waals surface area contributed by atoms with Crippen LogP contribution in [0.15, 0.2) is 23.8 Å². The molecule has 0 aromatic carbocycles. The summed E-state index contributed by atoms with van der Waals surface area (Å²) in [6.07, 6.45) is 7.09. The molecule has 70 valence electrons. The number of halogens is 1. The third-order valence-electron chi connectivity index (χ3n) is 1.77. The number of rotatable bonds is 6. The van der Waals surface area contributed by atoms with Gasteiger partial charge in [-0.3, -0.25) is 0 Å². The molecule has 0 bridgehead atoms. The Hall–Kier alpha value is -0.0400. The third-order valence-corrected chi connectivity index (χ3v) is 2.33. The molecule has 0 atom stereocenters. The van der Waals surface area contributed by atoms with E-state index in [0.29, 0.717) is 0 Å². The molecule has 0 heterocycles. The second-order valence-corrected chi connectivity index (χ2v) is 4.13. The van der Waals surface area contributed by atoms with Crippen LogP contribution in [-0.4, -0.2) is 5.33 Å². The monoisotopic (exact) mass is 230 g/mol. The van der Waals surface area contributed by atoms with Gasteiger partial charge in [0.2, 0.25) is 0 Å². The highest BCUT2D eigenvalue weighted by atomic mass is 79.9. The van der Waals surface area contributed by atoms with Crippen LogP contribution in [0.2, 0.25) is 0 Å². The average molecular weight is 231 g/mol. The molecule has 1 heteroatoms. The van der Waals surface area contributed by atoms with Crippen LogP contribution >= 0.6 is 15.9 Å². The van der Waals surface area contributed by atoms with E-state index < -0.39 is 0 Å². The topological polar surface area (TPSA) is 0 Å². The molecule has 0 radical (unpaired) electrons. The van der Waals surface area contributed by atoms with Crippen LogP contribution < -0.4 is 0 Å². The molecule has 0 fully saturated rings. The molecule has 12 heavy (non-hydrogen) atoms. The van der Waals surface area contributed by atoms with Gasteiger partial charge >= 0.3 is 0 Å². The molecular weight excluding hydrogens is 212 g/mol. The van der Waals surface area contributed by atoms with E-state index >= 15 is 0 Å². The smallest absolute Gasteiger partial charge is 0.00343 e. The van der Waals surface area contributed by atoms with Gasteiger partial charge in [0, 0.05) is 5.33 Å². The molecule has 0 N–H and O–H groups in total. The molecule has 0 aliphatic carbocycles. The summed E-state index contributed by atoms with van der Waals surface area (Å²) in [5.41, 5.74) is 2.79. The second kappa shape index (κ2) is 7.60. The minimum Gasteiger partial charge on any atom is -0.100 e. The third kappa shape index (κ3) is 8.06. The fourth-order valence-corrected chi connectivity index (χ4v) is 1.29. The van der Waals surface area contributed by atoms with Crippen molar-refractivity contribution >= 4 is 15.9 Å². The summed E-state index contributed by atoms with van der Waals surface area (Å²) < 4.78 is 0. The number of hydrogen-bond acceptors (Lipinski definition) is 0. The Labute approximate surface area is 84.9 Å². The molecule has 0 spiro atoms. The SMILES string of the molecule is C=C(C)CCC=C(C)CCCBr. The van der Waals surface area contributed by atoms with Gasteiger partial charge in [-0.25, -0.2) is 0 Å². The Kier molecular flexibility index (Phi) is 7.58. The summed E-state index contributed by atoms with van der Waals surface area (Å²) in [4.78, 5) is 0. The molecule has 0 nitrogen and oxygen atoms in total. The van der Waals surface area contributed by atoms with Gasteiger partial charge in [-0.05, 0) is 39.5 Å². The summed E-state index contributed by atoms with van der Waals surface area (Å²) in [6.45, 7) is 8.17. The Morgan fingerprint density at radius 3 is 2.50 bits per heavy atom. The molecule has 0 unspecified atom stereocenters. The van der Waals surface area contributed by atoms with Gasteiger partial charge in [0.25, 0.3) is 0 Å². The number of alkyl halides is 1. The first kappa shape index (κ1) is 12.0.